The number of amides is 12. The molecule has 9 atom stereocenters. The molecule has 0 unspecified atom stereocenters. The molecule has 0 aliphatic carbocycles. The Hall–Kier alpha value is -9.71. The second-order valence-corrected chi connectivity index (χ2v) is 30.6. The lowest BCUT2D eigenvalue weighted by atomic mass is 9.85. The smallest absolute Gasteiger partial charge is 0.246 e. The molecule has 6 rings (SSSR count). The summed E-state index contributed by atoms with van der Waals surface area (Å²) in [6.07, 6.45) is 5.21. The quantitative estimate of drug-likeness (QED) is 0.0249. The summed E-state index contributed by atoms with van der Waals surface area (Å²) in [5.74, 6) is -6.63. The van der Waals surface area contributed by atoms with Gasteiger partial charge in [-0.15, -0.1) is 0 Å². The van der Waals surface area contributed by atoms with E-state index in [0.29, 0.717) is 65.4 Å². The monoisotopic (exact) mass is 1490 g/mol. The third kappa shape index (κ3) is 24.7. The van der Waals surface area contributed by atoms with E-state index in [1.807, 2.05) is 37.3 Å². The lowest BCUT2D eigenvalue weighted by Crippen LogP contribution is -2.66. The van der Waals surface area contributed by atoms with Crippen LogP contribution in [0.25, 0.3) is 11.0 Å². The Labute approximate surface area is 621 Å². The van der Waals surface area contributed by atoms with Crippen LogP contribution in [0.5, 0.6) is 11.5 Å². The van der Waals surface area contributed by atoms with Crippen LogP contribution in [0, 0.1) is 11.3 Å². The number of hydrogen-bond donors (Lipinski definition) is 14. The Morgan fingerprint density at radius 1 is 0.619 bits per heavy atom. The van der Waals surface area contributed by atoms with E-state index in [-0.39, 0.29) is 73.5 Å². The molecule has 0 spiro atoms. The summed E-state index contributed by atoms with van der Waals surface area (Å²) in [6, 6.07) is 14.5. The predicted molar refractivity (Wildman–Crippen MR) is 402 cm³/mol. The van der Waals surface area contributed by atoms with E-state index >= 15 is 0 Å². The lowest BCUT2D eigenvalue weighted by Gasteiger charge is -2.36. The Morgan fingerprint density at radius 2 is 1.20 bits per heavy atom. The summed E-state index contributed by atoms with van der Waals surface area (Å²) in [5.41, 5.74) is 6.00. The van der Waals surface area contributed by atoms with E-state index < -0.39 is 124 Å². The minimum atomic E-state index is -1.73. The number of likely N-dealkylation sites (tertiary alicyclic amines) is 1. The zero-order chi connectivity index (χ0) is 77.5. The number of carbonyl (C=O) groups excluding carboxylic acids is 12. The normalized spacial score (nSPS) is 15.6. The highest BCUT2D eigenvalue weighted by atomic mass is 32.2. The van der Waals surface area contributed by atoms with Crippen molar-refractivity contribution in [3.8, 4) is 11.5 Å². The molecule has 12 amide bonds. The van der Waals surface area contributed by atoms with Gasteiger partial charge in [0.15, 0.2) is 0 Å². The molecule has 3 aromatic carbocycles. The number of phenols is 2. The molecule has 5 aromatic rings. The standard InChI is InChI=1S/C75H104N14O14S2/c1-13-18-59(92)81-55(38-49-39-79-63-52(49)21-16-32-78-63)66(97)87-74(9,10)71(102)80-44(5)64(95)82-54(36-45-23-27-50(90)28-24-45)67(98)88-75(11,43(3)4)72(103)85-53(14-2)65(96)84-57(62(76)94)42-105-41-48-20-15-19-47(35-48)40-104-34-31-60(93)86-61(73(6,7)8)69(100)83-56(37-46-25-29-51(91)30-26-46)70(101)89-33-17-22-58(89)68(99)77-12/h15-16,19-21,23-30,32,35,39,43-44,53-58,61,90-91H,13-14,17-18,22,31,33-34,36-38,40-42H2,1-12H3,(H2,76,94)(H,77,99)(H,78,79)(H,80,102)(H,81,92)(H,82,95)(H,83,100)(H,84,96)(H,85,103)(H,86,93)(H,87,97)(H,88,98)/t44-,53-,54-,55-,56-,57+,58-,61+,75-/m0/s1. The molecule has 1 fully saturated rings. The van der Waals surface area contributed by atoms with Gasteiger partial charge < -0.3 is 79.0 Å². The number of thioether (sulfide) groups is 2. The number of phenolic OH excluding ortho intramolecular Hbond substituents is 2. The van der Waals surface area contributed by atoms with Crippen molar-refractivity contribution in [3.63, 3.8) is 0 Å². The van der Waals surface area contributed by atoms with Gasteiger partial charge in [-0.3, -0.25) is 57.5 Å². The zero-order valence-electron chi connectivity index (χ0n) is 61.9. The fourth-order valence-electron chi connectivity index (χ4n) is 11.7. The number of fused-ring (bicyclic) bond motifs is 1. The first-order chi connectivity index (χ1) is 49.6. The predicted octanol–water partition coefficient (Wildman–Crippen LogP) is 3.88. The van der Waals surface area contributed by atoms with E-state index in [2.05, 4.69) is 63.1 Å². The fraction of sp³-hybridized carbons (Fsp3) is 0.507. The topological polar surface area (TPSA) is 424 Å². The summed E-state index contributed by atoms with van der Waals surface area (Å²) >= 11 is 2.84. The first-order valence-corrected chi connectivity index (χ1v) is 37.7. The van der Waals surface area contributed by atoms with Gasteiger partial charge in [0.1, 0.15) is 76.6 Å². The van der Waals surface area contributed by atoms with Gasteiger partial charge in [-0.05, 0) is 129 Å². The van der Waals surface area contributed by atoms with Crippen LogP contribution in [-0.2, 0) is 88.3 Å². The maximum atomic E-state index is 14.6. The summed E-state index contributed by atoms with van der Waals surface area (Å²) in [6.45, 7) is 18.3. The Morgan fingerprint density at radius 3 is 1.79 bits per heavy atom. The van der Waals surface area contributed by atoms with Gasteiger partial charge in [0.25, 0.3) is 0 Å². The number of aromatic amines is 1. The minimum absolute atomic E-state index is 0.0363. The molecule has 15 N–H and O–H groups in total. The number of nitrogens with one attached hydrogen (secondary N) is 11. The van der Waals surface area contributed by atoms with Crippen molar-refractivity contribution in [3.05, 3.63) is 125 Å². The van der Waals surface area contributed by atoms with Gasteiger partial charge in [0.05, 0.1) is 0 Å². The van der Waals surface area contributed by atoms with E-state index in [0.717, 1.165) is 16.5 Å². The average Bonchev–Trinajstić information content (AvgIpc) is 1.81. The minimum Gasteiger partial charge on any atom is -0.508 e. The Balaban J connectivity index is 1.01. The molecule has 1 aliphatic heterocycles. The summed E-state index contributed by atoms with van der Waals surface area (Å²) in [5, 5.41) is 48.1. The third-order valence-electron chi connectivity index (χ3n) is 18.3. The number of primary amides is 1. The molecule has 2 aromatic heterocycles. The largest absolute Gasteiger partial charge is 0.508 e. The van der Waals surface area contributed by atoms with Crippen molar-refractivity contribution < 1.29 is 67.7 Å². The number of carbonyl (C=O) groups is 12. The number of aromatic hydroxyl groups is 2. The molecule has 570 valence electrons. The molecule has 30 heteroatoms. The first kappa shape index (κ1) is 84.2. The van der Waals surface area contributed by atoms with E-state index in [9.17, 15) is 67.7 Å². The number of rotatable bonds is 38. The van der Waals surface area contributed by atoms with Gasteiger partial charge in [0, 0.05) is 86.5 Å². The molecular weight excluding hydrogens is 1390 g/mol. The number of nitrogens with zero attached hydrogens (tertiary/aromatic N) is 2. The maximum Gasteiger partial charge on any atom is 0.246 e. The van der Waals surface area contributed by atoms with Crippen LogP contribution in [0.15, 0.2) is 97.3 Å². The number of aromatic nitrogens is 2. The number of hydrogen-bond acceptors (Lipinski definition) is 17. The van der Waals surface area contributed by atoms with Crippen LogP contribution in [0.3, 0.4) is 0 Å². The summed E-state index contributed by atoms with van der Waals surface area (Å²) in [4.78, 5) is 174. The number of pyridine rings is 1. The van der Waals surface area contributed by atoms with Crippen LogP contribution in [-0.4, -0.2) is 180 Å². The van der Waals surface area contributed by atoms with E-state index in [1.54, 1.807) is 84.3 Å². The lowest BCUT2D eigenvalue weighted by molar-refractivity contribution is -0.142. The molecule has 1 saturated heterocycles. The van der Waals surface area contributed by atoms with Gasteiger partial charge in [-0.25, -0.2) is 4.98 Å². The summed E-state index contributed by atoms with van der Waals surface area (Å²) in [7, 11) is 1.50. The van der Waals surface area contributed by atoms with Gasteiger partial charge in [0.2, 0.25) is 70.9 Å². The number of nitrogens with two attached hydrogens (primary N) is 1. The van der Waals surface area contributed by atoms with E-state index in [1.165, 1.54) is 87.4 Å². The van der Waals surface area contributed by atoms with Crippen molar-refractivity contribution >= 4 is 105 Å². The molecule has 28 nitrogen and oxygen atoms in total. The molecule has 0 saturated carbocycles. The molecule has 1 aliphatic rings. The van der Waals surface area contributed by atoms with Crippen LogP contribution >= 0.6 is 23.5 Å². The SMILES string of the molecule is CCCC(=O)N[C@@H](Cc1c[nH]c2ncccc12)C(=O)NC(C)(C)C(=O)N[C@@H](C)C(=O)N[C@@H](Cc1ccc(O)cc1)C(=O)N[C@](C)(C(=O)N[C@@H](CC)C(=O)N[C@H](CSCc1cccc(CSCCC(=O)N[C@H](C(=O)N[C@@H](Cc2ccc(O)cc2)C(=O)N2CCC[C@H]2C(=O)NC)C(C)(C)C)c1)C(N)=O)C(C)C. The molecule has 105 heavy (non-hydrogen) atoms. The van der Waals surface area contributed by atoms with Crippen molar-refractivity contribution in [2.45, 2.75) is 205 Å². The molecular formula is C75H104N14O14S2. The van der Waals surface area contributed by atoms with Crippen LogP contribution in [0.1, 0.15) is 143 Å². The molecule has 0 bridgehead atoms. The first-order valence-electron chi connectivity index (χ1n) is 35.3. The number of likely N-dealkylation sites (N-methyl/N-ethyl adjacent to an activating group) is 1. The second-order valence-electron chi connectivity index (χ2n) is 28.5. The van der Waals surface area contributed by atoms with Crippen molar-refractivity contribution in [1.82, 2.24) is 68.0 Å². The van der Waals surface area contributed by atoms with Crippen molar-refractivity contribution in [2.75, 3.05) is 25.1 Å². The van der Waals surface area contributed by atoms with Gasteiger partial charge in [-0.2, -0.15) is 23.5 Å². The number of H-pyrrole nitrogens is 1. The fourth-order valence-corrected chi connectivity index (χ4v) is 13.6. The number of benzene rings is 3. The molecule has 0 radical (unpaired) electrons. The summed E-state index contributed by atoms with van der Waals surface area (Å²) < 4.78 is 0. The van der Waals surface area contributed by atoms with Gasteiger partial charge >= 0.3 is 0 Å². The maximum absolute atomic E-state index is 14.6. The van der Waals surface area contributed by atoms with E-state index in [4.69, 9.17) is 5.73 Å². The second kappa shape index (κ2) is 38.9. The Bertz CT molecular complexity index is 3880. The van der Waals surface area contributed by atoms with Crippen LogP contribution < -0.4 is 58.9 Å². The molecule has 3 heterocycles. The van der Waals surface area contributed by atoms with Gasteiger partial charge in [-0.1, -0.05) is 97.0 Å². The zero-order valence-corrected chi connectivity index (χ0v) is 63.5. The third-order valence-corrected chi connectivity index (χ3v) is 20.5. The highest BCUT2D eigenvalue weighted by Gasteiger charge is 2.44. The Kier molecular flexibility index (Phi) is 31.2. The van der Waals surface area contributed by atoms with Crippen molar-refractivity contribution in [1.29, 1.82) is 0 Å². The van der Waals surface area contributed by atoms with Crippen molar-refractivity contribution in [2.24, 2.45) is 17.1 Å². The average molecular weight is 1490 g/mol. The highest BCUT2D eigenvalue weighted by Crippen LogP contribution is 2.26. The van der Waals surface area contributed by atoms with Crippen LogP contribution in [0.2, 0.25) is 0 Å². The van der Waals surface area contributed by atoms with Crippen LogP contribution in [0.4, 0.5) is 0 Å². The highest BCUT2D eigenvalue weighted by molar-refractivity contribution is 7.98.